The summed E-state index contributed by atoms with van der Waals surface area (Å²) in [6.45, 7) is 2.71. The second-order valence-corrected chi connectivity index (χ2v) is 6.04. The van der Waals surface area contributed by atoms with E-state index in [1.165, 1.54) is 11.3 Å². The molecule has 2 amide bonds. The van der Waals surface area contributed by atoms with Crippen LogP contribution in [-0.4, -0.2) is 40.0 Å². The van der Waals surface area contributed by atoms with Gasteiger partial charge in [-0.05, 0) is 31.9 Å². The van der Waals surface area contributed by atoms with Crippen LogP contribution in [0.2, 0.25) is 0 Å². The molecule has 2 atom stereocenters. The lowest BCUT2D eigenvalue weighted by Crippen LogP contribution is -2.42. The molecule has 0 radical (unpaired) electrons. The molecule has 2 aromatic rings. The van der Waals surface area contributed by atoms with Gasteiger partial charge in [-0.2, -0.15) is 0 Å². The summed E-state index contributed by atoms with van der Waals surface area (Å²) in [6.07, 6.45) is 3.80. The number of hydrogen-bond donors (Lipinski definition) is 2. The minimum atomic E-state index is -0.299. The molecule has 3 heterocycles. The first-order chi connectivity index (χ1) is 10.7. The van der Waals surface area contributed by atoms with Crippen molar-refractivity contribution in [3.63, 3.8) is 0 Å². The molecular formula is C14H17N5O2S. The molecule has 22 heavy (non-hydrogen) atoms. The van der Waals surface area contributed by atoms with Gasteiger partial charge in [-0.15, -0.1) is 10.2 Å². The predicted octanol–water partition coefficient (Wildman–Crippen LogP) is 2.29. The molecule has 0 aromatic carbocycles. The smallest absolute Gasteiger partial charge is 0.321 e. The van der Waals surface area contributed by atoms with Crippen LogP contribution in [0.15, 0.2) is 24.4 Å². The Morgan fingerprint density at radius 3 is 3.09 bits per heavy atom. The Hall–Kier alpha value is -2.06. The number of aromatic nitrogens is 3. The maximum atomic E-state index is 12.0. The van der Waals surface area contributed by atoms with E-state index in [1.807, 2.05) is 25.1 Å². The van der Waals surface area contributed by atoms with Gasteiger partial charge < -0.3 is 10.1 Å². The van der Waals surface area contributed by atoms with Crippen molar-refractivity contribution in [3.05, 3.63) is 24.4 Å². The maximum Gasteiger partial charge on any atom is 0.321 e. The highest BCUT2D eigenvalue weighted by Crippen LogP contribution is 2.24. The van der Waals surface area contributed by atoms with Crippen LogP contribution in [0.5, 0.6) is 0 Å². The van der Waals surface area contributed by atoms with E-state index < -0.39 is 0 Å². The standard InChI is InChI=1S/C14H17N5O2S/c1-9(11-6-4-8-21-11)16-13(20)17-14-19-18-12(22-14)10-5-2-3-7-15-10/h2-3,5,7,9,11H,4,6,8H2,1H3,(H2,16,17,19,20)/t9-,11-/m0/s1. The number of nitrogens with zero attached hydrogens (tertiary/aromatic N) is 3. The van der Waals surface area contributed by atoms with E-state index in [0.29, 0.717) is 10.1 Å². The number of urea groups is 1. The van der Waals surface area contributed by atoms with E-state index in [9.17, 15) is 4.79 Å². The van der Waals surface area contributed by atoms with Gasteiger partial charge in [-0.1, -0.05) is 17.4 Å². The summed E-state index contributed by atoms with van der Waals surface area (Å²) < 4.78 is 5.55. The first kappa shape index (κ1) is 14.9. The summed E-state index contributed by atoms with van der Waals surface area (Å²) in [6, 6.07) is 5.23. The molecule has 8 heteroatoms. The average Bonchev–Trinajstić information content (AvgIpc) is 3.19. The summed E-state index contributed by atoms with van der Waals surface area (Å²) in [5.41, 5.74) is 0.737. The minimum absolute atomic E-state index is 0.0364. The molecule has 116 valence electrons. The first-order valence-electron chi connectivity index (χ1n) is 7.16. The van der Waals surface area contributed by atoms with Crippen LogP contribution in [0.4, 0.5) is 9.93 Å². The highest BCUT2D eigenvalue weighted by Gasteiger charge is 2.23. The Morgan fingerprint density at radius 2 is 2.36 bits per heavy atom. The van der Waals surface area contributed by atoms with Crippen molar-refractivity contribution < 1.29 is 9.53 Å². The first-order valence-corrected chi connectivity index (χ1v) is 7.98. The number of ether oxygens (including phenoxy) is 1. The van der Waals surface area contributed by atoms with Crippen molar-refractivity contribution in [2.24, 2.45) is 0 Å². The Kier molecular flexibility index (Phi) is 4.59. The maximum absolute atomic E-state index is 12.0. The fourth-order valence-corrected chi connectivity index (χ4v) is 3.01. The van der Waals surface area contributed by atoms with Crippen LogP contribution in [0.3, 0.4) is 0 Å². The van der Waals surface area contributed by atoms with Gasteiger partial charge in [0.25, 0.3) is 0 Å². The van der Waals surface area contributed by atoms with Crippen LogP contribution in [0.25, 0.3) is 10.7 Å². The second kappa shape index (κ2) is 6.80. The Labute approximate surface area is 132 Å². The van der Waals surface area contributed by atoms with Crippen LogP contribution in [-0.2, 0) is 4.74 Å². The molecule has 1 saturated heterocycles. The van der Waals surface area contributed by atoms with Crippen molar-refractivity contribution in [2.75, 3.05) is 11.9 Å². The third-order valence-electron chi connectivity index (χ3n) is 3.41. The van der Waals surface area contributed by atoms with Gasteiger partial charge >= 0.3 is 6.03 Å². The fourth-order valence-electron chi connectivity index (χ4n) is 2.30. The molecule has 2 aromatic heterocycles. The van der Waals surface area contributed by atoms with Gasteiger partial charge in [0.2, 0.25) is 5.13 Å². The highest BCUT2D eigenvalue weighted by atomic mass is 32.1. The van der Waals surface area contributed by atoms with Crippen molar-refractivity contribution in [3.8, 4) is 10.7 Å². The lowest BCUT2D eigenvalue weighted by Gasteiger charge is -2.19. The molecule has 0 aliphatic carbocycles. The lowest BCUT2D eigenvalue weighted by molar-refractivity contribution is 0.0868. The van der Waals surface area contributed by atoms with E-state index >= 15 is 0 Å². The van der Waals surface area contributed by atoms with Crippen molar-refractivity contribution in [1.82, 2.24) is 20.5 Å². The van der Waals surface area contributed by atoms with E-state index in [4.69, 9.17) is 4.74 Å². The van der Waals surface area contributed by atoms with Gasteiger partial charge in [-0.25, -0.2) is 4.79 Å². The third-order valence-corrected chi connectivity index (χ3v) is 4.27. The SMILES string of the molecule is C[C@H](NC(=O)Nc1nnc(-c2ccccn2)s1)[C@@H]1CCCO1. The molecule has 0 saturated carbocycles. The molecule has 1 aliphatic heterocycles. The van der Waals surface area contributed by atoms with E-state index in [0.717, 1.165) is 25.1 Å². The molecular weight excluding hydrogens is 302 g/mol. The normalized spacial score (nSPS) is 18.9. The number of carbonyl (C=O) groups is 1. The topological polar surface area (TPSA) is 89.0 Å². The molecule has 0 unspecified atom stereocenters. The Balaban J connectivity index is 1.57. The zero-order chi connectivity index (χ0) is 15.4. The highest BCUT2D eigenvalue weighted by molar-refractivity contribution is 7.18. The Bertz CT molecular complexity index is 627. The summed E-state index contributed by atoms with van der Waals surface area (Å²) >= 11 is 1.29. The van der Waals surface area contributed by atoms with Crippen LogP contribution in [0, 0.1) is 0 Å². The molecule has 1 fully saturated rings. The zero-order valence-corrected chi connectivity index (χ0v) is 13.0. The number of nitrogens with one attached hydrogen (secondary N) is 2. The summed E-state index contributed by atoms with van der Waals surface area (Å²) in [5, 5.41) is 14.7. The van der Waals surface area contributed by atoms with Crippen LogP contribution < -0.4 is 10.6 Å². The van der Waals surface area contributed by atoms with Crippen LogP contribution >= 0.6 is 11.3 Å². The number of anilines is 1. The molecule has 2 N–H and O–H groups in total. The largest absolute Gasteiger partial charge is 0.376 e. The quantitative estimate of drug-likeness (QED) is 0.902. The molecule has 7 nitrogen and oxygen atoms in total. The monoisotopic (exact) mass is 319 g/mol. The van der Waals surface area contributed by atoms with Crippen molar-refractivity contribution in [1.29, 1.82) is 0 Å². The van der Waals surface area contributed by atoms with Gasteiger partial charge in [0.1, 0.15) is 5.69 Å². The van der Waals surface area contributed by atoms with Gasteiger partial charge in [0.05, 0.1) is 12.1 Å². The molecule has 0 spiro atoms. The zero-order valence-electron chi connectivity index (χ0n) is 12.2. The number of carbonyl (C=O) groups excluding carboxylic acids is 1. The van der Waals surface area contributed by atoms with Gasteiger partial charge in [0.15, 0.2) is 5.01 Å². The van der Waals surface area contributed by atoms with E-state index in [2.05, 4.69) is 25.8 Å². The molecule has 1 aliphatic rings. The number of pyridine rings is 1. The third kappa shape index (κ3) is 3.58. The van der Waals surface area contributed by atoms with Gasteiger partial charge in [-0.3, -0.25) is 10.3 Å². The lowest BCUT2D eigenvalue weighted by atomic mass is 10.1. The van der Waals surface area contributed by atoms with Crippen molar-refractivity contribution >= 4 is 22.5 Å². The Morgan fingerprint density at radius 1 is 1.45 bits per heavy atom. The average molecular weight is 319 g/mol. The molecule has 0 bridgehead atoms. The minimum Gasteiger partial charge on any atom is -0.376 e. The van der Waals surface area contributed by atoms with Crippen LogP contribution in [0.1, 0.15) is 19.8 Å². The summed E-state index contributed by atoms with van der Waals surface area (Å²) in [4.78, 5) is 16.2. The molecule has 3 rings (SSSR count). The fraction of sp³-hybridized carbons (Fsp3) is 0.429. The number of rotatable bonds is 4. The number of amides is 2. The van der Waals surface area contributed by atoms with E-state index in [-0.39, 0.29) is 18.2 Å². The summed E-state index contributed by atoms with van der Waals surface area (Å²) in [7, 11) is 0. The second-order valence-electron chi connectivity index (χ2n) is 5.07. The number of hydrogen-bond acceptors (Lipinski definition) is 6. The van der Waals surface area contributed by atoms with E-state index in [1.54, 1.807) is 6.20 Å². The predicted molar refractivity (Wildman–Crippen MR) is 83.7 cm³/mol. The van der Waals surface area contributed by atoms with Gasteiger partial charge in [0, 0.05) is 12.8 Å². The summed E-state index contributed by atoms with van der Waals surface area (Å²) in [5.74, 6) is 0. The van der Waals surface area contributed by atoms with Crippen molar-refractivity contribution in [2.45, 2.75) is 31.9 Å².